The van der Waals surface area contributed by atoms with Gasteiger partial charge in [-0.25, -0.2) is 4.39 Å². The molecule has 0 saturated carbocycles. The largest absolute Gasteiger partial charge is 0.390 e. The Morgan fingerprint density at radius 2 is 2.12 bits per heavy atom. The zero-order valence-electron chi connectivity index (χ0n) is 10.1. The van der Waals surface area contributed by atoms with Crippen LogP contribution in [0.3, 0.4) is 0 Å². The first kappa shape index (κ1) is 13.1. The van der Waals surface area contributed by atoms with Crippen LogP contribution in [0.5, 0.6) is 0 Å². The molecule has 0 saturated heterocycles. The van der Waals surface area contributed by atoms with Crippen molar-refractivity contribution < 1.29 is 14.2 Å². The molecule has 16 heavy (non-hydrogen) atoms. The maximum atomic E-state index is 13.1. The molecular weight excluding hydrogens is 207 g/mol. The Balaban J connectivity index is 2.74. The zero-order chi connectivity index (χ0) is 12.2. The van der Waals surface area contributed by atoms with E-state index in [0.717, 1.165) is 11.1 Å². The molecule has 0 aliphatic heterocycles. The molecule has 2 nitrogen and oxygen atoms in total. The third-order valence-corrected chi connectivity index (χ3v) is 2.73. The van der Waals surface area contributed by atoms with E-state index in [1.165, 1.54) is 12.1 Å². The summed E-state index contributed by atoms with van der Waals surface area (Å²) >= 11 is 0. The summed E-state index contributed by atoms with van der Waals surface area (Å²) in [6.45, 7) is 4.17. The predicted molar refractivity (Wildman–Crippen MR) is 62.0 cm³/mol. The van der Waals surface area contributed by atoms with Crippen molar-refractivity contribution in [2.24, 2.45) is 0 Å². The lowest BCUT2D eigenvalue weighted by molar-refractivity contribution is 0.0248. The molecule has 3 heteroatoms. The predicted octanol–water partition coefficient (Wildman–Crippen LogP) is 2.46. The van der Waals surface area contributed by atoms with Crippen LogP contribution in [-0.4, -0.2) is 24.4 Å². The molecular formula is C13H19FO2. The van der Waals surface area contributed by atoms with Gasteiger partial charge in [-0.3, -0.25) is 0 Å². The Morgan fingerprint density at radius 1 is 1.44 bits per heavy atom. The fraction of sp³-hybridized carbons (Fsp3) is 0.538. The molecule has 0 radical (unpaired) electrons. The first-order valence-electron chi connectivity index (χ1n) is 5.41. The molecule has 0 aliphatic carbocycles. The number of hydrogen-bond donors (Lipinski definition) is 1. The van der Waals surface area contributed by atoms with E-state index in [-0.39, 0.29) is 5.82 Å². The van der Waals surface area contributed by atoms with Crippen molar-refractivity contribution in [3.8, 4) is 0 Å². The van der Waals surface area contributed by atoms with Crippen LogP contribution in [0.2, 0.25) is 0 Å². The maximum absolute atomic E-state index is 13.1. The van der Waals surface area contributed by atoms with Crippen LogP contribution in [-0.2, 0) is 11.2 Å². The summed E-state index contributed by atoms with van der Waals surface area (Å²) in [6, 6.07) is 4.65. The topological polar surface area (TPSA) is 29.5 Å². The fourth-order valence-electron chi connectivity index (χ4n) is 1.65. The van der Waals surface area contributed by atoms with Crippen LogP contribution in [0.15, 0.2) is 18.2 Å². The van der Waals surface area contributed by atoms with E-state index in [4.69, 9.17) is 4.74 Å². The minimum absolute atomic E-state index is 0.261. The van der Waals surface area contributed by atoms with E-state index in [0.29, 0.717) is 19.4 Å². The molecule has 1 aromatic carbocycles. The Morgan fingerprint density at radius 3 is 2.75 bits per heavy atom. The Kier molecular flexibility index (Phi) is 4.44. The van der Waals surface area contributed by atoms with Crippen LogP contribution in [0, 0.1) is 12.7 Å². The number of aliphatic hydroxyl groups is 1. The van der Waals surface area contributed by atoms with Crippen molar-refractivity contribution in [1.82, 2.24) is 0 Å². The molecule has 90 valence electrons. The highest BCUT2D eigenvalue weighted by molar-refractivity contribution is 5.27. The molecule has 0 bridgehead atoms. The molecule has 0 spiro atoms. The molecule has 1 aromatic rings. The minimum Gasteiger partial charge on any atom is -0.390 e. The number of benzene rings is 1. The second-order valence-corrected chi connectivity index (χ2v) is 4.49. The molecule has 0 fully saturated rings. The summed E-state index contributed by atoms with van der Waals surface area (Å²) in [5.41, 5.74) is 0.995. The van der Waals surface area contributed by atoms with Gasteiger partial charge in [0, 0.05) is 20.1 Å². The standard InChI is InChI=1S/C13H19FO2/c1-10-4-5-12(14)8-11(10)9-13(2,15)6-7-16-3/h4-5,8,15H,6-7,9H2,1-3H3. The van der Waals surface area contributed by atoms with Crippen molar-refractivity contribution in [2.75, 3.05) is 13.7 Å². The lowest BCUT2D eigenvalue weighted by atomic mass is 9.91. The lowest BCUT2D eigenvalue weighted by Gasteiger charge is -2.23. The lowest BCUT2D eigenvalue weighted by Crippen LogP contribution is -2.29. The molecule has 1 atom stereocenters. The second kappa shape index (κ2) is 5.41. The SMILES string of the molecule is COCCC(C)(O)Cc1cc(F)ccc1C. The van der Waals surface area contributed by atoms with Gasteiger partial charge in [-0.05, 0) is 43.5 Å². The smallest absolute Gasteiger partial charge is 0.123 e. The van der Waals surface area contributed by atoms with Crippen LogP contribution in [0.4, 0.5) is 4.39 Å². The van der Waals surface area contributed by atoms with E-state index in [1.807, 2.05) is 6.92 Å². The van der Waals surface area contributed by atoms with Crippen molar-refractivity contribution in [3.63, 3.8) is 0 Å². The number of rotatable bonds is 5. The summed E-state index contributed by atoms with van der Waals surface area (Å²) in [5, 5.41) is 10.1. The van der Waals surface area contributed by atoms with Gasteiger partial charge >= 0.3 is 0 Å². The summed E-state index contributed by atoms with van der Waals surface area (Å²) < 4.78 is 18.0. The van der Waals surface area contributed by atoms with Gasteiger partial charge in [0.25, 0.3) is 0 Å². The van der Waals surface area contributed by atoms with Crippen LogP contribution in [0.1, 0.15) is 24.5 Å². The first-order chi connectivity index (χ1) is 7.44. The zero-order valence-corrected chi connectivity index (χ0v) is 10.1. The second-order valence-electron chi connectivity index (χ2n) is 4.49. The van der Waals surface area contributed by atoms with Gasteiger partial charge in [0.05, 0.1) is 5.60 Å². The third kappa shape index (κ3) is 3.91. The van der Waals surface area contributed by atoms with Gasteiger partial charge in [0.2, 0.25) is 0 Å². The van der Waals surface area contributed by atoms with Crippen LogP contribution in [0.25, 0.3) is 0 Å². The summed E-state index contributed by atoms with van der Waals surface area (Å²) in [5.74, 6) is -0.261. The Labute approximate surface area is 96.1 Å². The molecule has 1 unspecified atom stereocenters. The highest BCUT2D eigenvalue weighted by Crippen LogP contribution is 2.20. The quantitative estimate of drug-likeness (QED) is 0.835. The summed E-state index contributed by atoms with van der Waals surface area (Å²) in [6.07, 6.45) is 0.986. The fourth-order valence-corrected chi connectivity index (χ4v) is 1.65. The van der Waals surface area contributed by atoms with Crippen molar-refractivity contribution in [1.29, 1.82) is 0 Å². The maximum Gasteiger partial charge on any atom is 0.123 e. The average Bonchev–Trinajstić information content (AvgIpc) is 2.20. The number of halogens is 1. The van der Waals surface area contributed by atoms with Crippen LogP contribution < -0.4 is 0 Å². The minimum atomic E-state index is -0.853. The van der Waals surface area contributed by atoms with Crippen molar-refractivity contribution in [3.05, 3.63) is 35.1 Å². The van der Waals surface area contributed by atoms with Gasteiger partial charge < -0.3 is 9.84 Å². The summed E-state index contributed by atoms with van der Waals surface area (Å²) in [4.78, 5) is 0. The Bertz CT molecular complexity index is 348. The summed E-state index contributed by atoms with van der Waals surface area (Å²) in [7, 11) is 1.60. The first-order valence-corrected chi connectivity index (χ1v) is 5.41. The molecule has 0 heterocycles. The third-order valence-electron chi connectivity index (χ3n) is 2.73. The van der Waals surface area contributed by atoms with Gasteiger partial charge in [0.15, 0.2) is 0 Å². The molecule has 0 aromatic heterocycles. The average molecular weight is 226 g/mol. The van der Waals surface area contributed by atoms with E-state index in [1.54, 1.807) is 20.1 Å². The van der Waals surface area contributed by atoms with Crippen LogP contribution >= 0.6 is 0 Å². The van der Waals surface area contributed by atoms with E-state index in [9.17, 15) is 9.50 Å². The molecule has 0 amide bonds. The molecule has 1 rings (SSSR count). The normalized spacial score (nSPS) is 14.8. The monoisotopic (exact) mass is 226 g/mol. The van der Waals surface area contributed by atoms with Gasteiger partial charge in [-0.2, -0.15) is 0 Å². The van der Waals surface area contributed by atoms with Crippen molar-refractivity contribution in [2.45, 2.75) is 32.3 Å². The number of hydrogen-bond acceptors (Lipinski definition) is 2. The van der Waals surface area contributed by atoms with E-state index < -0.39 is 5.60 Å². The highest BCUT2D eigenvalue weighted by atomic mass is 19.1. The number of aryl methyl sites for hydroxylation is 1. The van der Waals surface area contributed by atoms with Gasteiger partial charge in [-0.1, -0.05) is 6.07 Å². The van der Waals surface area contributed by atoms with Gasteiger partial charge in [-0.15, -0.1) is 0 Å². The molecule has 0 aliphatic rings. The number of ether oxygens (including phenoxy) is 1. The Hall–Kier alpha value is -0.930. The molecule has 1 N–H and O–H groups in total. The van der Waals surface area contributed by atoms with E-state index >= 15 is 0 Å². The van der Waals surface area contributed by atoms with E-state index in [2.05, 4.69) is 0 Å². The highest BCUT2D eigenvalue weighted by Gasteiger charge is 2.21. The van der Waals surface area contributed by atoms with Crippen molar-refractivity contribution >= 4 is 0 Å². The van der Waals surface area contributed by atoms with Gasteiger partial charge in [0.1, 0.15) is 5.82 Å². The number of methoxy groups -OCH3 is 1.